The van der Waals surface area contributed by atoms with Crippen LogP contribution in [0.25, 0.3) is 0 Å². The lowest BCUT2D eigenvalue weighted by Crippen LogP contribution is -2.04. The Morgan fingerprint density at radius 3 is 2.62 bits per heavy atom. The highest BCUT2D eigenvalue weighted by atomic mass is 16.5. The molecule has 3 heteroatoms. The number of hydrogen-bond acceptors (Lipinski definition) is 2. The maximum Gasteiger partial charge on any atom is 0.335 e. The predicted octanol–water partition coefficient (Wildman–Crippen LogP) is 2.87. The lowest BCUT2D eigenvalue weighted by molar-refractivity contribution is 0.0696. The molecule has 1 aromatic carbocycles. The van der Waals surface area contributed by atoms with E-state index in [4.69, 9.17) is 9.84 Å². The number of benzene rings is 1. The van der Waals surface area contributed by atoms with Crippen LogP contribution in [0.4, 0.5) is 0 Å². The Labute approximate surface area is 96.1 Å². The van der Waals surface area contributed by atoms with E-state index in [0.717, 1.165) is 17.7 Å². The number of ether oxygens (including phenoxy) is 1. The predicted molar refractivity (Wildman–Crippen MR) is 62.6 cm³/mol. The first-order chi connectivity index (χ1) is 7.50. The lowest BCUT2D eigenvalue weighted by atomic mass is 10.1. The topological polar surface area (TPSA) is 46.5 Å². The van der Waals surface area contributed by atoms with Crippen LogP contribution in [0.1, 0.15) is 35.3 Å². The van der Waals surface area contributed by atoms with Gasteiger partial charge in [-0.2, -0.15) is 0 Å². The molecule has 0 bridgehead atoms. The van der Waals surface area contributed by atoms with Crippen LogP contribution in [0.5, 0.6) is 0 Å². The van der Waals surface area contributed by atoms with Crippen molar-refractivity contribution in [2.24, 2.45) is 5.92 Å². The number of rotatable bonds is 5. The summed E-state index contributed by atoms with van der Waals surface area (Å²) in [6.07, 6.45) is 0. The molecule has 3 nitrogen and oxygen atoms in total. The van der Waals surface area contributed by atoms with Gasteiger partial charge in [0.1, 0.15) is 0 Å². The van der Waals surface area contributed by atoms with Gasteiger partial charge in [0.2, 0.25) is 0 Å². The third-order valence-electron chi connectivity index (χ3n) is 2.30. The SMILES string of the molecule is Cc1cc(C(=O)O)ccc1COCC(C)C. The van der Waals surface area contributed by atoms with Crippen LogP contribution in [0.3, 0.4) is 0 Å². The summed E-state index contributed by atoms with van der Waals surface area (Å²) in [5, 5.41) is 8.82. The Bertz CT molecular complexity index is 369. The largest absolute Gasteiger partial charge is 0.478 e. The molecule has 88 valence electrons. The smallest absolute Gasteiger partial charge is 0.335 e. The quantitative estimate of drug-likeness (QED) is 0.833. The second-order valence-corrected chi connectivity index (χ2v) is 4.36. The second kappa shape index (κ2) is 5.66. The number of carboxylic acid groups (broad SMARTS) is 1. The molecule has 0 heterocycles. The average Bonchev–Trinajstić information content (AvgIpc) is 2.19. The molecule has 0 saturated heterocycles. The van der Waals surface area contributed by atoms with Crippen molar-refractivity contribution >= 4 is 5.97 Å². The summed E-state index contributed by atoms with van der Waals surface area (Å²) in [5.74, 6) is -0.378. The number of carbonyl (C=O) groups is 1. The molecule has 0 aliphatic rings. The van der Waals surface area contributed by atoms with Crippen molar-refractivity contribution in [1.82, 2.24) is 0 Å². The Kier molecular flexibility index (Phi) is 4.50. The molecule has 0 fully saturated rings. The maximum atomic E-state index is 10.7. The van der Waals surface area contributed by atoms with Crippen LogP contribution in [0.15, 0.2) is 18.2 Å². The highest BCUT2D eigenvalue weighted by molar-refractivity contribution is 5.87. The summed E-state index contributed by atoms with van der Waals surface area (Å²) in [7, 11) is 0. The van der Waals surface area contributed by atoms with Gasteiger partial charge >= 0.3 is 5.97 Å². The fraction of sp³-hybridized carbons (Fsp3) is 0.462. The standard InChI is InChI=1S/C13H18O3/c1-9(2)7-16-8-12-5-4-11(13(14)15)6-10(12)3/h4-6,9H,7-8H2,1-3H3,(H,14,15). The van der Waals surface area contributed by atoms with E-state index in [1.165, 1.54) is 0 Å². The molecule has 0 aliphatic carbocycles. The lowest BCUT2D eigenvalue weighted by Gasteiger charge is -2.09. The molecule has 1 N–H and O–H groups in total. The normalized spacial score (nSPS) is 10.8. The zero-order valence-electron chi connectivity index (χ0n) is 9.99. The summed E-state index contributed by atoms with van der Waals surface area (Å²) in [4.78, 5) is 10.7. The molecule has 0 saturated carbocycles. The van der Waals surface area contributed by atoms with Crippen molar-refractivity contribution < 1.29 is 14.6 Å². The molecule has 0 amide bonds. The molecular weight excluding hydrogens is 204 g/mol. The van der Waals surface area contributed by atoms with Crippen LogP contribution in [0.2, 0.25) is 0 Å². The van der Waals surface area contributed by atoms with E-state index in [2.05, 4.69) is 13.8 Å². The van der Waals surface area contributed by atoms with E-state index in [9.17, 15) is 4.79 Å². The number of hydrogen-bond donors (Lipinski definition) is 1. The first-order valence-corrected chi connectivity index (χ1v) is 5.41. The fourth-order valence-electron chi connectivity index (χ4n) is 1.40. The van der Waals surface area contributed by atoms with E-state index in [1.54, 1.807) is 12.1 Å². The minimum Gasteiger partial charge on any atom is -0.478 e. The van der Waals surface area contributed by atoms with Crippen LogP contribution < -0.4 is 0 Å². The van der Waals surface area contributed by atoms with Crippen molar-refractivity contribution in [3.05, 3.63) is 34.9 Å². The van der Waals surface area contributed by atoms with E-state index < -0.39 is 5.97 Å². The van der Waals surface area contributed by atoms with Crippen molar-refractivity contribution in [2.75, 3.05) is 6.61 Å². The molecule has 1 aromatic rings. The van der Waals surface area contributed by atoms with Crippen molar-refractivity contribution in [3.63, 3.8) is 0 Å². The third-order valence-corrected chi connectivity index (χ3v) is 2.30. The molecule has 0 unspecified atom stereocenters. The molecule has 0 atom stereocenters. The van der Waals surface area contributed by atoms with Gasteiger partial charge in [0.05, 0.1) is 12.2 Å². The van der Waals surface area contributed by atoms with Gasteiger partial charge < -0.3 is 9.84 Å². The van der Waals surface area contributed by atoms with Gasteiger partial charge in [-0.15, -0.1) is 0 Å². The molecule has 0 aromatic heterocycles. The maximum absolute atomic E-state index is 10.7. The molecular formula is C13H18O3. The second-order valence-electron chi connectivity index (χ2n) is 4.36. The van der Waals surface area contributed by atoms with E-state index in [-0.39, 0.29) is 0 Å². The summed E-state index contributed by atoms with van der Waals surface area (Å²) in [6, 6.07) is 5.11. The first kappa shape index (κ1) is 12.7. The average molecular weight is 222 g/mol. The minimum absolute atomic E-state index is 0.324. The number of aromatic carboxylic acids is 1. The van der Waals surface area contributed by atoms with Gasteiger partial charge in [-0.1, -0.05) is 19.9 Å². The molecule has 16 heavy (non-hydrogen) atoms. The monoisotopic (exact) mass is 222 g/mol. The van der Waals surface area contributed by atoms with Gasteiger partial charge in [0.25, 0.3) is 0 Å². The van der Waals surface area contributed by atoms with Crippen LogP contribution >= 0.6 is 0 Å². The highest BCUT2D eigenvalue weighted by Crippen LogP contribution is 2.12. The summed E-state index contributed by atoms with van der Waals surface area (Å²) in [6.45, 7) is 7.37. The van der Waals surface area contributed by atoms with Crippen molar-refractivity contribution in [3.8, 4) is 0 Å². The van der Waals surface area contributed by atoms with Crippen LogP contribution in [-0.2, 0) is 11.3 Å². The van der Waals surface area contributed by atoms with Crippen LogP contribution in [-0.4, -0.2) is 17.7 Å². The van der Waals surface area contributed by atoms with Gasteiger partial charge in [0, 0.05) is 6.61 Å². The Balaban J connectivity index is 2.64. The Morgan fingerprint density at radius 1 is 1.44 bits per heavy atom. The fourth-order valence-corrected chi connectivity index (χ4v) is 1.40. The number of aryl methyl sites for hydroxylation is 1. The summed E-state index contributed by atoms with van der Waals surface area (Å²) >= 11 is 0. The zero-order valence-corrected chi connectivity index (χ0v) is 9.99. The molecule has 1 rings (SSSR count). The van der Waals surface area contributed by atoms with E-state index >= 15 is 0 Å². The first-order valence-electron chi connectivity index (χ1n) is 5.41. The van der Waals surface area contributed by atoms with Gasteiger partial charge in [-0.3, -0.25) is 0 Å². The molecule has 0 spiro atoms. The number of carboxylic acids is 1. The summed E-state index contributed by atoms with van der Waals surface area (Å²) in [5.41, 5.74) is 2.33. The van der Waals surface area contributed by atoms with Gasteiger partial charge in [0.15, 0.2) is 0 Å². The highest BCUT2D eigenvalue weighted by Gasteiger charge is 2.05. The Morgan fingerprint density at radius 2 is 2.12 bits per heavy atom. The zero-order chi connectivity index (χ0) is 12.1. The summed E-state index contributed by atoms with van der Waals surface area (Å²) < 4.78 is 5.51. The van der Waals surface area contributed by atoms with Crippen molar-refractivity contribution in [2.45, 2.75) is 27.4 Å². The van der Waals surface area contributed by atoms with E-state index in [0.29, 0.717) is 18.1 Å². The van der Waals surface area contributed by atoms with Crippen molar-refractivity contribution in [1.29, 1.82) is 0 Å². The minimum atomic E-state index is -0.891. The molecule has 0 aliphatic heterocycles. The molecule has 0 radical (unpaired) electrons. The Hall–Kier alpha value is -1.35. The van der Waals surface area contributed by atoms with Gasteiger partial charge in [-0.05, 0) is 36.1 Å². The third kappa shape index (κ3) is 3.66. The van der Waals surface area contributed by atoms with E-state index in [1.807, 2.05) is 13.0 Å². The van der Waals surface area contributed by atoms with Crippen LogP contribution in [0, 0.1) is 12.8 Å². The van der Waals surface area contributed by atoms with Gasteiger partial charge in [-0.25, -0.2) is 4.79 Å².